The molecule has 0 spiro atoms. The molecule has 27 heavy (non-hydrogen) atoms. The molecule has 0 aliphatic heterocycles. The second kappa shape index (κ2) is 8.68. The van der Waals surface area contributed by atoms with E-state index in [1.807, 2.05) is 13.8 Å². The van der Waals surface area contributed by atoms with Crippen LogP contribution in [0.1, 0.15) is 40.1 Å². The molecular weight excluding hydrogens is 368 g/mol. The smallest absolute Gasteiger partial charge is 0.335 e. The number of aromatic carboxylic acids is 1. The van der Waals surface area contributed by atoms with Crippen molar-refractivity contribution >= 4 is 35.1 Å². The Hall–Kier alpha value is -2.86. The molecule has 2 aromatic carbocycles. The van der Waals surface area contributed by atoms with Crippen molar-refractivity contribution in [2.24, 2.45) is 5.92 Å². The van der Waals surface area contributed by atoms with Gasteiger partial charge in [-0.1, -0.05) is 31.5 Å². The van der Waals surface area contributed by atoms with Gasteiger partial charge in [-0.3, -0.25) is 9.59 Å². The number of halogens is 1. The van der Waals surface area contributed by atoms with Gasteiger partial charge in [0.2, 0.25) is 5.91 Å². The lowest BCUT2D eigenvalue weighted by molar-refractivity contribution is -0.118. The van der Waals surface area contributed by atoms with E-state index < -0.39 is 23.8 Å². The summed E-state index contributed by atoms with van der Waals surface area (Å²) in [5, 5.41) is 15.1. The number of carbonyl (C=O) groups is 3. The maximum atomic E-state index is 12.7. The quantitative estimate of drug-likeness (QED) is 0.702. The van der Waals surface area contributed by atoms with Gasteiger partial charge < -0.3 is 15.7 Å². The van der Waals surface area contributed by atoms with Crippen molar-refractivity contribution in [1.29, 1.82) is 0 Å². The fourth-order valence-electron chi connectivity index (χ4n) is 2.46. The molecule has 0 fully saturated rings. The summed E-state index contributed by atoms with van der Waals surface area (Å²) in [5.74, 6) is -2.07. The van der Waals surface area contributed by atoms with Gasteiger partial charge in [-0.15, -0.1) is 0 Å². The molecule has 0 aliphatic rings. The van der Waals surface area contributed by atoms with Gasteiger partial charge in [-0.05, 0) is 54.8 Å². The number of carboxylic acid groups (broad SMARTS) is 1. The van der Waals surface area contributed by atoms with Crippen molar-refractivity contribution in [1.82, 2.24) is 5.32 Å². The van der Waals surface area contributed by atoms with Gasteiger partial charge in [0, 0.05) is 16.3 Å². The third-order valence-electron chi connectivity index (χ3n) is 4.08. The first-order valence-corrected chi connectivity index (χ1v) is 8.78. The van der Waals surface area contributed by atoms with Crippen LogP contribution in [0.4, 0.5) is 5.69 Å². The normalized spacial score (nSPS) is 11.7. The third kappa shape index (κ3) is 5.31. The Bertz CT molecular complexity index is 863. The average Bonchev–Trinajstić information content (AvgIpc) is 2.61. The molecule has 0 bridgehead atoms. The van der Waals surface area contributed by atoms with E-state index in [4.69, 9.17) is 16.7 Å². The summed E-state index contributed by atoms with van der Waals surface area (Å²) in [7, 11) is 0. The van der Waals surface area contributed by atoms with Crippen LogP contribution in [0.15, 0.2) is 42.5 Å². The van der Waals surface area contributed by atoms with Crippen LogP contribution in [-0.4, -0.2) is 28.9 Å². The van der Waals surface area contributed by atoms with Crippen molar-refractivity contribution in [3.8, 4) is 0 Å². The van der Waals surface area contributed by atoms with Crippen molar-refractivity contribution in [3.05, 3.63) is 64.2 Å². The van der Waals surface area contributed by atoms with Gasteiger partial charge in [0.1, 0.15) is 6.04 Å². The van der Waals surface area contributed by atoms with E-state index in [0.717, 1.165) is 5.56 Å². The highest BCUT2D eigenvalue weighted by Gasteiger charge is 2.25. The van der Waals surface area contributed by atoms with Crippen LogP contribution < -0.4 is 10.6 Å². The van der Waals surface area contributed by atoms with E-state index in [2.05, 4.69) is 10.6 Å². The minimum Gasteiger partial charge on any atom is -0.478 e. The Labute approximate surface area is 162 Å². The molecule has 7 heteroatoms. The summed E-state index contributed by atoms with van der Waals surface area (Å²) in [4.78, 5) is 36.3. The standard InChI is InChI=1S/C20H21ClN2O4/c1-11(2)17(23-18(24)13-6-8-15(21)9-7-13)19(25)22-16-10-14(20(26)27)5-4-12(16)3/h4-11,17H,1-3H3,(H,22,25)(H,23,24)(H,26,27). The zero-order valence-corrected chi connectivity index (χ0v) is 16.0. The predicted molar refractivity (Wildman–Crippen MR) is 104 cm³/mol. The number of carbonyl (C=O) groups excluding carboxylic acids is 2. The first kappa shape index (κ1) is 20.5. The molecule has 0 aliphatic carbocycles. The van der Waals surface area contributed by atoms with Gasteiger partial charge >= 0.3 is 5.97 Å². The second-order valence-corrected chi connectivity index (χ2v) is 6.96. The first-order valence-electron chi connectivity index (χ1n) is 8.40. The van der Waals surface area contributed by atoms with Crippen LogP contribution in [0.3, 0.4) is 0 Å². The molecule has 2 amide bonds. The maximum absolute atomic E-state index is 12.7. The molecule has 0 heterocycles. The van der Waals surface area contributed by atoms with Crippen molar-refractivity contribution in [2.75, 3.05) is 5.32 Å². The molecule has 0 saturated carbocycles. The van der Waals surface area contributed by atoms with E-state index in [0.29, 0.717) is 16.3 Å². The summed E-state index contributed by atoms with van der Waals surface area (Å²) in [6.45, 7) is 5.39. The summed E-state index contributed by atoms with van der Waals surface area (Å²) < 4.78 is 0. The molecule has 142 valence electrons. The van der Waals surface area contributed by atoms with Crippen LogP contribution in [0.25, 0.3) is 0 Å². The number of hydrogen-bond acceptors (Lipinski definition) is 3. The van der Waals surface area contributed by atoms with Crippen LogP contribution in [-0.2, 0) is 4.79 Å². The fourth-order valence-corrected chi connectivity index (χ4v) is 2.59. The molecule has 1 unspecified atom stereocenters. The minimum atomic E-state index is -1.08. The Morgan fingerprint density at radius 3 is 2.15 bits per heavy atom. The average molecular weight is 389 g/mol. The molecule has 2 aromatic rings. The highest BCUT2D eigenvalue weighted by molar-refractivity contribution is 6.30. The molecule has 1 atom stereocenters. The summed E-state index contributed by atoms with van der Waals surface area (Å²) >= 11 is 5.83. The van der Waals surface area contributed by atoms with Gasteiger partial charge in [0.05, 0.1) is 5.56 Å². The Kier molecular flexibility index (Phi) is 6.58. The second-order valence-electron chi connectivity index (χ2n) is 6.53. The number of carboxylic acids is 1. The predicted octanol–water partition coefficient (Wildman–Crippen LogP) is 3.74. The van der Waals surface area contributed by atoms with E-state index in [1.165, 1.54) is 12.1 Å². The summed E-state index contributed by atoms with van der Waals surface area (Å²) in [5.41, 5.74) is 1.58. The molecule has 0 radical (unpaired) electrons. The number of aryl methyl sites for hydroxylation is 1. The molecule has 0 saturated heterocycles. The van der Waals surface area contributed by atoms with Crippen LogP contribution >= 0.6 is 11.6 Å². The number of anilines is 1. The molecular formula is C20H21ClN2O4. The maximum Gasteiger partial charge on any atom is 0.335 e. The number of rotatable bonds is 6. The molecule has 3 N–H and O–H groups in total. The highest BCUT2D eigenvalue weighted by atomic mass is 35.5. The van der Waals surface area contributed by atoms with Crippen LogP contribution in [0.5, 0.6) is 0 Å². The lowest BCUT2D eigenvalue weighted by Gasteiger charge is -2.22. The van der Waals surface area contributed by atoms with E-state index >= 15 is 0 Å². The van der Waals surface area contributed by atoms with Crippen molar-refractivity contribution in [3.63, 3.8) is 0 Å². The molecule has 2 rings (SSSR count). The topological polar surface area (TPSA) is 95.5 Å². The lowest BCUT2D eigenvalue weighted by atomic mass is 10.0. The number of amides is 2. The van der Waals surface area contributed by atoms with E-state index in [1.54, 1.807) is 37.3 Å². The third-order valence-corrected chi connectivity index (χ3v) is 4.34. The first-order chi connectivity index (χ1) is 12.7. The van der Waals surface area contributed by atoms with E-state index in [-0.39, 0.29) is 11.5 Å². The SMILES string of the molecule is Cc1ccc(C(=O)O)cc1NC(=O)C(NC(=O)c1ccc(Cl)cc1)C(C)C. The molecule has 0 aromatic heterocycles. The van der Waals surface area contributed by atoms with Gasteiger partial charge in [-0.25, -0.2) is 4.79 Å². The van der Waals surface area contributed by atoms with Gasteiger partial charge in [-0.2, -0.15) is 0 Å². The zero-order valence-electron chi connectivity index (χ0n) is 15.2. The van der Waals surface area contributed by atoms with E-state index in [9.17, 15) is 14.4 Å². The lowest BCUT2D eigenvalue weighted by Crippen LogP contribution is -2.47. The zero-order chi connectivity index (χ0) is 20.1. The number of hydrogen-bond donors (Lipinski definition) is 3. The Morgan fingerprint density at radius 2 is 1.59 bits per heavy atom. The van der Waals surface area contributed by atoms with Crippen molar-refractivity contribution < 1.29 is 19.5 Å². The van der Waals surface area contributed by atoms with Gasteiger partial charge in [0.25, 0.3) is 5.91 Å². The summed E-state index contributed by atoms with van der Waals surface area (Å²) in [6.07, 6.45) is 0. The highest BCUT2D eigenvalue weighted by Crippen LogP contribution is 2.18. The Morgan fingerprint density at radius 1 is 1.00 bits per heavy atom. The molecule has 6 nitrogen and oxygen atoms in total. The van der Waals surface area contributed by atoms with Crippen LogP contribution in [0.2, 0.25) is 5.02 Å². The monoisotopic (exact) mass is 388 g/mol. The summed E-state index contributed by atoms with van der Waals surface area (Å²) in [6, 6.07) is 10.0. The fraction of sp³-hybridized carbons (Fsp3) is 0.250. The number of nitrogens with one attached hydrogen (secondary N) is 2. The van der Waals surface area contributed by atoms with Crippen molar-refractivity contribution in [2.45, 2.75) is 26.8 Å². The largest absolute Gasteiger partial charge is 0.478 e. The van der Waals surface area contributed by atoms with Crippen LogP contribution in [0, 0.1) is 12.8 Å². The van der Waals surface area contributed by atoms with Gasteiger partial charge in [0.15, 0.2) is 0 Å². The Balaban J connectivity index is 2.18. The number of benzene rings is 2. The minimum absolute atomic E-state index is 0.0715.